The second kappa shape index (κ2) is 9.60. The van der Waals surface area contributed by atoms with Gasteiger partial charge in [0.05, 0.1) is 5.39 Å². The molecule has 0 aliphatic rings. The molecule has 1 amide bonds. The van der Waals surface area contributed by atoms with E-state index in [2.05, 4.69) is 31.0 Å². The number of aryl methyl sites for hydroxylation is 2. The zero-order valence-electron chi connectivity index (χ0n) is 18.9. The van der Waals surface area contributed by atoms with Crippen molar-refractivity contribution in [1.82, 2.24) is 20.3 Å². The van der Waals surface area contributed by atoms with Gasteiger partial charge in [0.15, 0.2) is 5.82 Å². The van der Waals surface area contributed by atoms with Gasteiger partial charge in [-0.3, -0.25) is 9.59 Å². The molecule has 0 bridgehead atoms. The van der Waals surface area contributed by atoms with Crippen LogP contribution in [-0.2, 0) is 11.2 Å². The van der Waals surface area contributed by atoms with Crippen molar-refractivity contribution in [1.29, 1.82) is 0 Å². The number of nitrogens with one attached hydrogen (secondary N) is 3. The van der Waals surface area contributed by atoms with Crippen LogP contribution in [0.15, 0.2) is 82.1 Å². The summed E-state index contributed by atoms with van der Waals surface area (Å²) in [4.78, 5) is 28.9. The van der Waals surface area contributed by atoms with Gasteiger partial charge in [0.2, 0.25) is 17.6 Å². The molecule has 3 aromatic carbocycles. The van der Waals surface area contributed by atoms with Crippen molar-refractivity contribution in [3.63, 3.8) is 0 Å². The monoisotopic (exact) mass is 466 g/mol. The summed E-state index contributed by atoms with van der Waals surface area (Å²) in [7, 11) is 0. The van der Waals surface area contributed by atoms with E-state index in [1.165, 1.54) is 0 Å². The lowest BCUT2D eigenvalue weighted by atomic mass is 10.1. The molecule has 3 N–H and O–H groups in total. The molecule has 0 spiro atoms. The van der Waals surface area contributed by atoms with Gasteiger partial charge >= 0.3 is 0 Å². The summed E-state index contributed by atoms with van der Waals surface area (Å²) in [6, 6.07) is 22.3. The first-order valence-corrected chi connectivity index (χ1v) is 11.1. The second-order valence-electron chi connectivity index (χ2n) is 8.08. The van der Waals surface area contributed by atoms with E-state index >= 15 is 0 Å². The molecule has 0 unspecified atom stereocenters. The Labute approximate surface area is 200 Å². The van der Waals surface area contributed by atoms with Crippen LogP contribution in [-0.4, -0.2) is 26.2 Å². The molecule has 0 aliphatic carbocycles. The van der Waals surface area contributed by atoms with E-state index in [0.717, 1.165) is 11.1 Å². The van der Waals surface area contributed by atoms with Crippen molar-refractivity contribution >= 4 is 33.9 Å². The zero-order chi connectivity index (χ0) is 24.2. The maximum Gasteiger partial charge on any atom is 0.272 e. The first-order chi connectivity index (χ1) is 17.0. The molecule has 0 saturated heterocycles. The van der Waals surface area contributed by atoms with E-state index in [9.17, 15) is 9.59 Å². The molecule has 9 heteroatoms. The minimum absolute atomic E-state index is 0.176. The third-order valence-electron chi connectivity index (χ3n) is 5.45. The van der Waals surface area contributed by atoms with E-state index in [1.807, 2.05) is 55.5 Å². The number of aromatic nitrogens is 4. The number of amides is 1. The Morgan fingerprint density at radius 2 is 1.74 bits per heavy atom. The molecule has 174 valence electrons. The van der Waals surface area contributed by atoms with Gasteiger partial charge in [-0.05, 0) is 31.2 Å². The highest BCUT2D eigenvalue weighted by atomic mass is 16.5. The van der Waals surface area contributed by atoms with Crippen LogP contribution >= 0.6 is 0 Å². The molecule has 5 rings (SSSR count). The molecule has 2 aromatic heterocycles. The first-order valence-electron chi connectivity index (χ1n) is 11.1. The Hall–Kier alpha value is -4.79. The summed E-state index contributed by atoms with van der Waals surface area (Å²) in [5.41, 5.74) is 3.10. The maximum absolute atomic E-state index is 12.5. The second-order valence-corrected chi connectivity index (χ2v) is 8.08. The van der Waals surface area contributed by atoms with E-state index in [-0.39, 0.29) is 17.9 Å². The van der Waals surface area contributed by atoms with E-state index in [0.29, 0.717) is 46.1 Å². The fraction of sp³-hybridized carbons (Fsp3) is 0.115. The SMILES string of the molecule is Cc1ccc(-c2noc(CCC(=O)Nc3cccc(Nc4n[nH]c(=O)c5ccccc45)c3)n2)cc1. The highest BCUT2D eigenvalue weighted by Crippen LogP contribution is 2.24. The Bertz CT molecular complexity index is 1560. The topological polar surface area (TPSA) is 126 Å². The zero-order valence-corrected chi connectivity index (χ0v) is 18.9. The van der Waals surface area contributed by atoms with Crippen molar-refractivity contribution in [3.8, 4) is 11.4 Å². The summed E-state index contributed by atoms with van der Waals surface area (Å²) in [5, 5.41) is 18.0. The number of H-pyrrole nitrogens is 1. The molecule has 0 saturated carbocycles. The van der Waals surface area contributed by atoms with Crippen LogP contribution in [0.2, 0.25) is 0 Å². The van der Waals surface area contributed by atoms with Crippen molar-refractivity contribution in [2.75, 3.05) is 10.6 Å². The highest BCUT2D eigenvalue weighted by Gasteiger charge is 2.12. The van der Waals surface area contributed by atoms with E-state index in [4.69, 9.17) is 4.52 Å². The van der Waals surface area contributed by atoms with Crippen LogP contribution in [0.4, 0.5) is 17.2 Å². The number of hydrogen-bond acceptors (Lipinski definition) is 7. The minimum Gasteiger partial charge on any atom is -0.339 e. The quantitative estimate of drug-likeness (QED) is 0.320. The summed E-state index contributed by atoms with van der Waals surface area (Å²) in [5.74, 6) is 1.25. The normalized spacial score (nSPS) is 10.9. The molecule has 0 atom stereocenters. The largest absolute Gasteiger partial charge is 0.339 e. The lowest BCUT2D eigenvalue weighted by molar-refractivity contribution is -0.116. The lowest BCUT2D eigenvalue weighted by Gasteiger charge is -2.10. The number of benzene rings is 3. The van der Waals surface area contributed by atoms with Gasteiger partial charge < -0.3 is 15.2 Å². The lowest BCUT2D eigenvalue weighted by Crippen LogP contribution is -2.13. The van der Waals surface area contributed by atoms with Crippen LogP contribution in [0.25, 0.3) is 22.2 Å². The summed E-state index contributed by atoms with van der Waals surface area (Å²) >= 11 is 0. The van der Waals surface area contributed by atoms with Crippen molar-refractivity contribution < 1.29 is 9.32 Å². The first kappa shape index (κ1) is 22.0. The number of aromatic amines is 1. The maximum atomic E-state index is 12.5. The van der Waals surface area contributed by atoms with Crippen LogP contribution in [0.3, 0.4) is 0 Å². The van der Waals surface area contributed by atoms with Crippen LogP contribution in [0.1, 0.15) is 17.9 Å². The number of anilines is 3. The molecular weight excluding hydrogens is 444 g/mol. The summed E-state index contributed by atoms with van der Waals surface area (Å²) in [6.45, 7) is 2.01. The fourth-order valence-electron chi connectivity index (χ4n) is 3.64. The molecule has 0 fully saturated rings. The Morgan fingerprint density at radius 3 is 2.57 bits per heavy atom. The summed E-state index contributed by atoms with van der Waals surface area (Å²) < 4.78 is 5.30. The Morgan fingerprint density at radius 1 is 0.971 bits per heavy atom. The van der Waals surface area contributed by atoms with Gasteiger partial charge in [-0.15, -0.1) is 0 Å². The smallest absolute Gasteiger partial charge is 0.272 e. The van der Waals surface area contributed by atoms with Crippen LogP contribution in [0.5, 0.6) is 0 Å². The van der Waals surface area contributed by atoms with Gasteiger partial charge in [0, 0.05) is 35.2 Å². The van der Waals surface area contributed by atoms with Gasteiger partial charge in [-0.2, -0.15) is 10.1 Å². The molecule has 0 aliphatic heterocycles. The average molecular weight is 467 g/mol. The predicted molar refractivity (Wildman–Crippen MR) is 134 cm³/mol. The molecular formula is C26H22N6O3. The molecule has 35 heavy (non-hydrogen) atoms. The number of hydrogen-bond donors (Lipinski definition) is 3. The Balaban J connectivity index is 1.22. The van der Waals surface area contributed by atoms with Crippen LogP contribution in [0, 0.1) is 6.92 Å². The number of carbonyl (C=O) groups is 1. The predicted octanol–water partition coefficient (Wildman–Crippen LogP) is 4.60. The standard InChI is InChI=1S/C26H22N6O3/c1-16-9-11-17(12-10-16)24-29-23(35-32-24)14-13-22(33)27-18-5-4-6-19(15-18)28-25-20-7-2-3-8-21(20)26(34)31-30-25/h2-12,15H,13-14H2,1H3,(H,27,33)(H,28,30)(H,31,34). The number of carbonyl (C=O) groups excluding carboxylic acids is 1. The van der Waals surface area contributed by atoms with Gasteiger partial charge in [0.25, 0.3) is 5.56 Å². The van der Waals surface area contributed by atoms with Crippen molar-refractivity contribution in [3.05, 3.63) is 94.6 Å². The third-order valence-corrected chi connectivity index (χ3v) is 5.45. The van der Waals surface area contributed by atoms with Gasteiger partial charge in [-0.25, -0.2) is 5.10 Å². The minimum atomic E-state index is -0.251. The van der Waals surface area contributed by atoms with Crippen molar-refractivity contribution in [2.24, 2.45) is 0 Å². The number of rotatable bonds is 7. The van der Waals surface area contributed by atoms with Crippen LogP contribution < -0.4 is 16.2 Å². The third kappa shape index (κ3) is 5.09. The Kier molecular flexibility index (Phi) is 6.04. The van der Waals surface area contributed by atoms with Gasteiger partial charge in [0.1, 0.15) is 0 Å². The van der Waals surface area contributed by atoms with E-state index < -0.39 is 0 Å². The van der Waals surface area contributed by atoms with Gasteiger partial charge in [-0.1, -0.05) is 59.3 Å². The number of fused-ring (bicyclic) bond motifs is 1. The molecule has 2 heterocycles. The summed E-state index contributed by atoms with van der Waals surface area (Å²) in [6.07, 6.45) is 0.523. The molecule has 9 nitrogen and oxygen atoms in total. The molecule has 5 aromatic rings. The fourth-order valence-corrected chi connectivity index (χ4v) is 3.64. The van der Waals surface area contributed by atoms with E-state index in [1.54, 1.807) is 24.3 Å². The highest BCUT2D eigenvalue weighted by molar-refractivity contribution is 5.93. The molecule has 0 radical (unpaired) electrons. The number of nitrogens with zero attached hydrogens (tertiary/aromatic N) is 3. The average Bonchev–Trinajstić information content (AvgIpc) is 3.35. The van der Waals surface area contributed by atoms with Crippen molar-refractivity contribution in [2.45, 2.75) is 19.8 Å².